The number of benzene rings is 2. The summed E-state index contributed by atoms with van der Waals surface area (Å²) in [6, 6.07) is 25.4. The molecule has 0 aliphatic heterocycles. The van der Waals surface area contributed by atoms with Gasteiger partial charge in [0.2, 0.25) is 0 Å². The van der Waals surface area contributed by atoms with E-state index in [0.717, 1.165) is 27.9 Å². The van der Waals surface area contributed by atoms with Gasteiger partial charge in [0.15, 0.2) is 0 Å². The van der Waals surface area contributed by atoms with Crippen LogP contribution in [0.25, 0.3) is 22.4 Å². The average Bonchev–Trinajstić information content (AvgIpc) is 2.79. The summed E-state index contributed by atoms with van der Waals surface area (Å²) in [4.78, 5) is 21.2. The van der Waals surface area contributed by atoms with Crippen molar-refractivity contribution in [3.05, 3.63) is 109 Å². The molecule has 136 valence electrons. The summed E-state index contributed by atoms with van der Waals surface area (Å²) in [6.07, 6.45) is 5.25. The molecule has 0 atom stereocenters. The van der Waals surface area contributed by atoms with Gasteiger partial charge in [-0.15, -0.1) is 0 Å². The number of hydrogen-bond donors (Lipinski definition) is 1. The van der Waals surface area contributed by atoms with Gasteiger partial charge in [-0.1, -0.05) is 48.5 Å². The van der Waals surface area contributed by atoms with Crippen molar-refractivity contribution in [2.75, 3.05) is 0 Å². The number of pyridine rings is 2. The van der Waals surface area contributed by atoms with Crippen molar-refractivity contribution in [2.45, 2.75) is 6.54 Å². The number of aromatic nitrogens is 2. The maximum Gasteiger partial charge on any atom is 0.251 e. The molecule has 4 rings (SSSR count). The Morgan fingerprint density at radius 1 is 0.750 bits per heavy atom. The van der Waals surface area contributed by atoms with Gasteiger partial charge in [-0.25, -0.2) is 0 Å². The van der Waals surface area contributed by atoms with Crippen LogP contribution in [-0.2, 0) is 6.54 Å². The van der Waals surface area contributed by atoms with Gasteiger partial charge in [-0.2, -0.15) is 0 Å². The molecule has 0 radical (unpaired) electrons. The zero-order valence-corrected chi connectivity index (χ0v) is 15.2. The summed E-state index contributed by atoms with van der Waals surface area (Å²) in [5.74, 6) is -0.111. The van der Waals surface area contributed by atoms with Crippen LogP contribution in [0.15, 0.2) is 97.5 Å². The van der Waals surface area contributed by atoms with Gasteiger partial charge in [-0.05, 0) is 47.0 Å². The van der Waals surface area contributed by atoms with Crippen LogP contribution in [0, 0.1) is 0 Å². The van der Waals surface area contributed by atoms with Crippen LogP contribution in [0.1, 0.15) is 15.9 Å². The Balaban J connectivity index is 1.47. The summed E-state index contributed by atoms with van der Waals surface area (Å²) >= 11 is 0. The van der Waals surface area contributed by atoms with E-state index in [9.17, 15) is 4.79 Å². The van der Waals surface area contributed by atoms with Gasteiger partial charge in [0, 0.05) is 36.3 Å². The first kappa shape index (κ1) is 17.6. The van der Waals surface area contributed by atoms with Crippen LogP contribution >= 0.6 is 0 Å². The van der Waals surface area contributed by atoms with Crippen molar-refractivity contribution >= 4 is 5.91 Å². The van der Waals surface area contributed by atoms with E-state index in [1.54, 1.807) is 18.6 Å². The second-order valence-electron chi connectivity index (χ2n) is 6.38. The monoisotopic (exact) mass is 365 g/mol. The fourth-order valence-corrected chi connectivity index (χ4v) is 3.07. The summed E-state index contributed by atoms with van der Waals surface area (Å²) in [7, 11) is 0. The molecule has 0 spiro atoms. The highest BCUT2D eigenvalue weighted by Crippen LogP contribution is 2.21. The van der Waals surface area contributed by atoms with Crippen molar-refractivity contribution in [3.8, 4) is 22.4 Å². The zero-order chi connectivity index (χ0) is 19.2. The summed E-state index contributed by atoms with van der Waals surface area (Å²) < 4.78 is 0. The molecule has 4 heteroatoms. The smallest absolute Gasteiger partial charge is 0.251 e. The first-order chi connectivity index (χ1) is 13.8. The highest BCUT2D eigenvalue weighted by Gasteiger charge is 2.10. The molecule has 0 fully saturated rings. The van der Waals surface area contributed by atoms with Crippen LogP contribution < -0.4 is 5.32 Å². The van der Waals surface area contributed by atoms with E-state index in [-0.39, 0.29) is 5.91 Å². The van der Waals surface area contributed by atoms with Crippen LogP contribution in [0.3, 0.4) is 0 Å². The van der Waals surface area contributed by atoms with E-state index < -0.39 is 0 Å². The third-order valence-corrected chi connectivity index (χ3v) is 4.52. The van der Waals surface area contributed by atoms with Gasteiger partial charge in [0.05, 0.1) is 5.69 Å². The normalized spacial score (nSPS) is 10.4. The second-order valence-corrected chi connectivity index (χ2v) is 6.38. The Morgan fingerprint density at radius 3 is 2.21 bits per heavy atom. The molecule has 0 saturated heterocycles. The molecule has 0 aliphatic rings. The predicted octanol–water partition coefficient (Wildman–Crippen LogP) is 4.74. The molecule has 4 aromatic rings. The molecule has 1 amide bonds. The van der Waals surface area contributed by atoms with Crippen LogP contribution in [0.2, 0.25) is 0 Å². The van der Waals surface area contributed by atoms with Gasteiger partial charge < -0.3 is 5.32 Å². The Bertz CT molecular complexity index is 1060. The maximum atomic E-state index is 12.6. The number of nitrogens with zero attached hydrogens (tertiary/aromatic N) is 2. The summed E-state index contributed by atoms with van der Waals surface area (Å²) in [6.45, 7) is 0.400. The average molecular weight is 365 g/mol. The number of rotatable bonds is 5. The molecule has 1 N–H and O–H groups in total. The van der Waals surface area contributed by atoms with Crippen LogP contribution in [0.5, 0.6) is 0 Å². The SMILES string of the molecule is O=C(NCc1cccnc1-c1cccnc1)c1ccc(-c2ccccc2)cc1. The minimum absolute atomic E-state index is 0.111. The van der Waals surface area contributed by atoms with E-state index in [2.05, 4.69) is 27.4 Å². The predicted molar refractivity (Wildman–Crippen MR) is 111 cm³/mol. The van der Waals surface area contributed by atoms with E-state index >= 15 is 0 Å². The molecule has 0 saturated carbocycles. The lowest BCUT2D eigenvalue weighted by Gasteiger charge is -2.10. The van der Waals surface area contributed by atoms with E-state index in [1.165, 1.54) is 0 Å². The molecule has 28 heavy (non-hydrogen) atoms. The lowest BCUT2D eigenvalue weighted by atomic mass is 10.0. The summed E-state index contributed by atoms with van der Waals surface area (Å²) in [5, 5.41) is 2.99. The van der Waals surface area contributed by atoms with Crippen molar-refractivity contribution in [2.24, 2.45) is 0 Å². The van der Waals surface area contributed by atoms with Gasteiger partial charge in [0.25, 0.3) is 5.91 Å². The Kier molecular flexibility index (Phi) is 5.20. The zero-order valence-electron chi connectivity index (χ0n) is 15.2. The van der Waals surface area contributed by atoms with Crippen LogP contribution in [0.4, 0.5) is 0 Å². The molecule has 0 bridgehead atoms. The highest BCUT2D eigenvalue weighted by molar-refractivity contribution is 5.94. The van der Waals surface area contributed by atoms with Gasteiger partial charge in [-0.3, -0.25) is 14.8 Å². The van der Waals surface area contributed by atoms with Crippen molar-refractivity contribution in [3.63, 3.8) is 0 Å². The molecule has 4 nitrogen and oxygen atoms in total. The lowest BCUT2D eigenvalue weighted by molar-refractivity contribution is 0.0951. The molecule has 2 heterocycles. The number of carbonyl (C=O) groups excluding carboxylic acids is 1. The van der Waals surface area contributed by atoms with Crippen LogP contribution in [-0.4, -0.2) is 15.9 Å². The summed E-state index contributed by atoms with van der Waals surface area (Å²) in [5.41, 5.74) is 5.56. The van der Waals surface area contributed by atoms with Crippen molar-refractivity contribution < 1.29 is 4.79 Å². The highest BCUT2D eigenvalue weighted by atomic mass is 16.1. The Hall–Kier alpha value is -3.79. The minimum atomic E-state index is -0.111. The molecule has 2 aromatic heterocycles. The first-order valence-corrected chi connectivity index (χ1v) is 9.09. The first-order valence-electron chi connectivity index (χ1n) is 9.09. The second kappa shape index (κ2) is 8.27. The largest absolute Gasteiger partial charge is 0.348 e. The lowest BCUT2D eigenvalue weighted by Crippen LogP contribution is -2.23. The number of amides is 1. The minimum Gasteiger partial charge on any atom is -0.348 e. The number of nitrogens with one attached hydrogen (secondary N) is 1. The van der Waals surface area contributed by atoms with Crippen molar-refractivity contribution in [1.82, 2.24) is 15.3 Å². The standard InChI is InChI=1S/C24H19N3O/c28-24(20-12-10-19(11-13-20)18-6-2-1-3-7-18)27-17-22-9-5-15-26-23(22)21-8-4-14-25-16-21/h1-16H,17H2,(H,27,28). The molecule has 0 aliphatic carbocycles. The van der Waals surface area contributed by atoms with Gasteiger partial charge in [0.1, 0.15) is 0 Å². The Morgan fingerprint density at radius 2 is 1.46 bits per heavy atom. The van der Waals surface area contributed by atoms with Crippen molar-refractivity contribution in [1.29, 1.82) is 0 Å². The molecular formula is C24H19N3O. The third kappa shape index (κ3) is 3.96. The fraction of sp³-hybridized carbons (Fsp3) is 0.0417. The molecule has 2 aromatic carbocycles. The molecule has 0 unspecified atom stereocenters. The van der Waals surface area contributed by atoms with Gasteiger partial charge >= 0.3 is 0 Å². The maximum absolute atomic E-state index is 12.6. The van der Waals surface area contributed by atoms with E-state index in [1.807, 2.05) is 66.7 Å². The quantitative estimate of drug-likeness (QED) is 0.556. The van der Waals surface area contributed by atoms with E-state index in [0.29, 0.717) is 12.1 Å². The molecular weight excluding hydrogens is 346 g/mol. The number of carbonyl (C=O) groups is 1. The fourth-order valence-electron chi connectivity index (χ4n) is 3.07. The Labute approximate surface area is 163 Å². The third-order valence-electron chi connectivity index (χ3n) is 4.52. The number of hydrogen-bond acceptors (Lipinski definition) is 3. The van der Waals surface area contributed by atoms with E-state index in [4.69, 9.17) is 0 Å². The topological polar surface area (TPSA) is 54.9 Å².